The predicted molar refractivity (Wildman–Crippen MR) is 74.0 cm³/mol. The van der Waals surface area contributed by atoms with Crippen molar-refractivity contribution >= 4 is 0 Å². The van der Waals surface area contributed by atoms with E-state index in [0.29, 0.717) is 6.42 Å². The molecule has 0 fully saturated rings. The normalized spacial score (nSPS) is 10.4. The standard InChI is InChI=1S/C16H18N2/c1-11-6-5-7-12(2)16(11)18-13(3)10-15(8-9-17)14(18)4/h5-7,10H,8H2,1-4H3. The van der Waals surface area contributed by atoms with Crippen LogP contribution in [-0.2, 0) is 6.42 Å². The molecule has 1 heterocycles. The van der Waals surface area contributed by atoms with Gasteiger partial charge in [0.1, 0.15) is 0 Å². The van der Waals surface area contributed by atoms with Crippen LogP contribution in [-0.4, -0.2) is 4.57 Å². The van der Waals surface area contributed by atoms with E-state index in [1.165, 1.54) is 28.2 Å². The van der Waals surface area contributed by atoms with E-state index in [9.17, 15) is 0 Å². The lowest BCUT2D eigenvalue weighted by atomic mass is 10.1. The minimum Gasteiger partial charge on any atom is -0.318 e. The van der Waals surface area contributed by atoms with Crippen LogP contribution in [0.4, 0.5) is 0 Å². The van der Waals surface area contributed by atoms with Crippen molar-refractivity contribution in [2.75, 3.05) is 0 Å². The molecule has 92 valence electrons. The highest BCUT2D eigenvalue weighted by Gasteiger charge is 2.13. The van der Waals surface area contributed by atoms with Gasteiger partial charge in [-0.2, -0.15) is 5.26 Å². The Morgan fingerprint density at radius 1 is 1.11 bits per heavy atom. The highest BCUT2D eigenvalue weighted by molar-refractivity contribution is 5.51. The summed E-state index contributed by atoms with van der Waals surface area (Å²) >= 11 is 0. The second-order valence-corrected chi connectivity index (χ2v) is 4.81. The Morgan fingerprint density at radius 2 is 1.72 bits per heavy atom. The Labute approximate surface area is 108 Å². The molecule has 0 aliphatic rings. The fraction of sp³-hybridized carbons (Fsp3) is 0.312. The van der Waals surface area contributed by atoms with Crippen molar-refractivity contribution in [2.24, 2.45) is 0 Å². The van der Waals surface area contributed by atoms with Crippen molar-refractivity contribution in [3.63, 3.8) is 0 Å². The van der Waals surface area contributed by atoms with Crippen LogP contribution in [0.5, 0.6) is 0 Å². The zero-order valence-corrected chi connectivity index (χ0v) is 11.4. The first kappa shape index (κ1) is 12.4. The molecule has 0 unspecified atom stereocenters. The maximum absolute atomic E-state index is 8.86. The molecule has 0 N–H and O–H groups in total. The molecular weight excluding hydrogens is 220 g/mol. The Hall–Kier alpha value is -2.01. The summed E-state index contributed by atoms with van der Waals surface area (Å²) in [6.07, 6.45) is 0.477. The number of aromatic nitrogens is 1. The molecule has 2 rings (SSSR count). The molecule has 0 saturated heterocycles. The summed E-state index contributed by atoms with van der Waals surface area (Å²) in [6.45, 7) is 8.45. The van der Waals surface area contributed by atoms with E-state index in [4.69, 9.17) is 5.26 Å². The smallest absolute Gasteiger partial charge is 0.0670 e. The number of aryl methyl sites for hydroxylation is 3. The fourth-order valence-corrected chi connectivity index (χ4v) is 2.60. The molecule has 0 amide bonds. The lowest BCUT2D eigenvalue weighted by Gasteiger charge is -2.15. The van der Waals surface area contributed by atoms with Crippen molar-refractivity contribution in [1.82, 2.24) is 4.57 Å². The first-order chi connectivity index (χ1) is 8.56. The molecule has 0 spiro atoms. The molecule has 2 aromatic rings. The van der Waals surface area contributed by atoms with Gasteiger partial charge in [-0.15, -0.1) is 0 Å². The third-order valence-corrected chi connectivity index (χ3v) is 3.47. The molecule has 2 heteroatoms. The average Bonchev–Trinajstić information content (AvgIpc) is 2.57. The SMILES string of the molecule is Cc1cccc(C)c1-n1c(C)cc(CC#N)c1C. The second kappa shape index (κ2) is 4.70. The van der Waals surface area contributed by atoms with Gasteiger partial charge in [-0.25, -0.2) is 0 Å². The number of rotatable bonds is 2. The first-order valence-electron chi connectivity index (χ1n) is 6.17. The fourth-order valence-electron chi connectivity index (χ4n) is 2.60. The number of benzene rings is 1. The van der Waals surface area contributed by atoms with Crippen molar-refractivity contribution in [3.8, 4) is 11.8 Å². The van der Waals surface area contributed by atoms with Crippen molar-refractivity contribution < 1.29 is 0 Å². The molecule has 0 aliphatic carbocycles. The van der Waals surface area contributed by atoms with Gasteiger partial charge in [0, 0.05) is 11.4 Å². The van der Waals surface area contributed by atoms with E-state index in [2.05, 4.69) is 62.6 Å². The van der Waals surface area contributed by atoms with Gasteiger partial charge in [-0.05, 0) is 50.5 Å². The summed E-state index contributed by atoms with van der Waals surface area (Å²) < 4.78 is 2.26. The molecular formula is C16H18N2. The van der Waals surface area contributed by atoms with Crippen LogP contribution < -0.4 is 0 Å². The Morgan fingerprint density at radius 3 is 2.28 bits per heavy atom. The number of para-hydroxylation sites is 1. The number of nitriles is 1. The summed E-state index contributed by atoms with van der Waals surface area (Å²) in [5.41, 5.74) is 7.26. The average molecular weight is 238 g/mol. The van der Waals surface area contributed by atoms with Crippen LogP contribution in [0, 0.1) is 39.0 Å². The Balaban J connectivity index is 2.69. The second-order valence-electron chi connectivity index (χ2n) is 4.81. The highest BCUT2D eigenvalue weighted by atomic mass is 15.0. The van der Waals surface area contributed by atoms with Gasteiger partial charge in [0.2, 0.25) is 0 Å². The largest absolute Gasteiger partial charge is 0.318 e. The minimum absolute atomic E-state index is 0.477. The quantitative estimate of drug-likeness (QED) is 0.782. The topological polar surface area (TPSA) is 28.7 Å². The van der Waals surface area contributed by atoms with E-state index in [1.54, 1.807) is 0 Å². The van der Waals surface area contributed by atoms with Crippen molar-refractivity contribution in [2.45, 2.75) is 34.1 Å². The van der Waals surface area contributed by atoms with Gasteiger partial charge in [0.25, 0.3) is 0 Å². The summed E-state index contributed by atoms with van der Waals surface area (Å²) in [4.78, 5) is 0. The molecule has 0 aliphatic heterocycles. The minimum atomic E-state index is 0.477. The Bertz CT molecular complexity index is 607. The van der Waals surface area contributed by atoms with E-state index >= 15 is 0 Å². The third-order valence-electron chi connectivity index (χ3n) is 3.47. The molecule has 0 bridgehead atoms. The van der Waals surface area contributed by atoms with Gasteiger partial charge in [0.15, 0.2) is 0 Å². The number of nitrogens with zero attached hydrogens (tertiary/aromatic N) is 2. The van der Waals surface area contributed by atoms with E-state index in [0.717, 1.165) is 5.56 Å². The zero-order valence-electron chi connectivity index (χ0n) is 11.4. The summed E-state index contributed by atoms with van der Waals surface area (Å²) in [7, 11) is 0. The first-order valence-corrected chi connectivity index (χ1v) is 6.17. The van der Waals surface area contributed by atoms with Crippen LogP contribution in [0.2, 0.25) is 0 Å². The van der Waals surface area contributed by atoms with Crippen LogP contribution in [0.25, 0.3) is 5.69 Å². The lowest BCUT2D eigenvalue weighted by molar-refractivity contribution is 0.936. The maximum Gasteiger partial charge on any atom is 0.0670 e. The molecule has 0 atom stereocenters. The molecule has 1 aromatic carbocycles. The van der Waals surface area contributed by atoms with Gasteiger partial charge in [-0.3, -0.25) is 0 Å². The van der Waals surface area contributed by atoms with Gasteiger partial charge in [0.05, 0.1) is 18.2 Å². The van der Waals surface area contributed by atoms with Crippen LogP contribution >= 0.6 is 0 Å². The molecule has 18 heavy (non-hydrogen) atoms. The van der Waals surface area contributed by atoms with E-state index < -0.39 is 0 Å². The monoisotopic (exact) mass is 238 g/mol. The Kier molecular flexibility index (Phi) is 3.25. The van der Waals surface area contributed by atoms with Gasteiger partial charge in [-0.1, -0.05) is 18.2 Å². The summed E-state index contributed by atoms with van der Waals surface area (Å²) in [5.74, 6) is 0. The van der Waals surface area contributed by atoms with Crippen molar-refractivity contribution in [3.05, 3.63) is 52.3 Å². The van der Waals surface area contributed by atoms with Crippen LogP contribution in [0.1, 0.15) is 28.1 Å². The zero-order chi connectivity index (χ0) is 13.3. The predicted octanol–water partition coefficient (Wildman–Crippen LogP) is 3.78. The molecule has 0 radical (unpaired) electrons. The molecule has 1 aromatic heterocycles. The lowest BCUT2D eigenvalue weighted by Crippen LogP contribution is -2.04. The summed E-state index contributed by atoms with van der Waals surface area (Å²) in [6, 6.07) is 10.7. The van der Waals surface area contributed by atoms with Crippen LogP contribution in [0.15, 0.2) is 24.3 Å². The molecule has 2 nitrogen and oxygen atoms in total. The van der Waals surface area contributed by atoms with E-state index in [1.807, 2.05) is 0 Å². The third kappa shape index (κ3) is 1.93. The number of hydrogen-bond acceptors (Lipinski definition) is 1. The van der Waals surface area contributed by atoms with Crippen LogP contribution in [0.3, 0.4) is 0 Å². The maximum atomic E-state index is 8.86. The van der Waals surface area contributed by atoms with Crippen molar-refractivity contribution in [1.29, 1.82) is 5.26 Å². The summed E-state index contributed by atoms with van der Waals surface area (Å²) in [5, 5.41) is 8.86. The number of hydrogen-bond donors (Lipinski definition) is 0. The highest BCUT2D eigenvalue weighted by Crippen LogP contribution is 2.26. The van der Waals surface area contributed by atoms with E-state index in [-0.39, 0.29) is 0 Å². The van der Waals surface area contributed by atoms with Gasteiger partial charge < -0.3 is 4.57 Å². The van der Waals surface area contributed by atoms with Gasteiger partial charge >= 0.3 is 0 Å². The molecule has 0 saturated carbocycles.